The second-order valence-corrected chi connectivity index (χ2v) is 7.85. The highest BCUT2D eigenvalue weighted by Crippen LogP contribution is 2.38. The molecule has 2 amide bonds. The molecule has 2 aromatic rings. The van der Waals surface area contributed by atoms with Crippen LogP contribution in [0.1, 0.15) is 18.4 Å². The molecule has 162 valence electrons. The van der Waals surface area contributed by atoms with E-state index in [0.717, 1.165) is 5.56 Å². The summed E-state index contributed by atoms with van der Waals surface area (Å²) in [4.78, 5) is 28.0. The number of halogens is 2. The number of aliphatic hydroxyl groups is 1. The van der Waals surface area contributed by atoms with E-state index in [4.69, 9.17) is 33.0 Å². The van der Waals surface area contributed by atoms with Gasteiger partial charge in [-0.2, -0.15) is 0 Å². The van der Waals surface area contributed by atoms with Gasteiger partial charge in [0.05, 0.1) is 10.7 Å². The lowest BCUT2D eigenvalue weighted by atomic mass is 9.85. The Balaban J connectivity index is 2.04. The van der Waals surface area contributed by atoms with Crippen LogP contribution in [0, 0.1) is 11.8 Å². The van der Waals surface area contributed by atoms with Crippen molar-refractivity contribution < 1.29 is 19.4 Å². The quantitative estimate of drug-likeness (QED) is 0.671. The second-order valence-electron chi connectivity index (χ2n) is 7.01. The number of carbonyl (C=O) groups excluding carboxylic acids is 2. The van der Waals surface area contributed by atoms with E-state index in [-0.39, 0.29) is 42.7 Å². The van der Waals surface area contributed by atoms with E-state index in [2.05, 4.69) is 17.2 Å². The average molecular weight is 461 g/mol. The molecule has 0 saturated carbocycles. The first-order valence-corrected chi connectivity index (χ1v) is 10.5. The van der Waals surface area contributed by atoms with Gasteiger partial charge < -0.3 is 15.2 Å². The third-order valence-corrected chi connectivity index (χ3v) is 5.65. The Kier molecular flexibility index (Phi) is 7.94. The third kappa shape index (κ3) is 5.38. The normalized spacial score (nSPS) is 14.8. The number of benzene rings is 2. The zero-order valence-corrected chi connectivity index (χ0v) is 18.2. The Labute approximate surface area is 191 Å². The molecule has 1 fully saturated rings. The van der Waals surface area contributed by atoms with Crippen LogP contribution in [0.2, 0.25) is 10.0 Å². The average Bonchev–Trinajstić information content (AvgIpc) is 2.79. The molecule has 0 bridgehead atoms. The summed E-state index contributed by atoms with van der Waals surface area (Å²) in [6.07, 6.45) is 0.506. The summed E-state index contributed by atoms with van der Waals surface area (Å²) in [5, 5.41) is 12.6. The van der Waals surface area contributed by atoms with Crippen LogP contribution in [0.4, 0.5) is 5.69 Å². The summed E-state index contributed by atoms with van der Waals surface area (Å²) >= 11 is 12.6. The van der Waals surface area contributed by atoms with Gasteiger partial charge >= 0.3 is 5.91 Å². The van der Waals surface area contributed by atoms with Gasteiger partial charge in [0, 0.05) is 37.6 Å². The molecule has 2 N–H and O–H groups in total. The van der Waals surface area contributed by atoms with Crippen molar-refractivity contribution in [3.8, 4) is 11.8 Å². The van der Waals surface area contributed by atoms with Crippen molar-refractivity contribution >= 4 is 40.7 Å². The van der Waals surface area contributed by atoms with Crippen LogP contribution in [0.3, 0.4) is 0 Å². The lowest BCUT2D eigenvalue weighted by Gasteiger charge is -2.44. The van der Waals surface area contributed by atoms with E-state index in [1.807, 2.05) is 30.3 Å². The van der Waals surface area contributed by atoms with Crippen LogP contribution < -0.4 is 10.2 Å². The Morgan fingerprint density at radius 1 is 1.13 bits per heavy atom. The smallest absolute Gasteiger partial charge is 0.303 e. The maximum absolute atomic E-state index is 13.5. The van der Waals surface area contributed by atoms with Crippen molar-refractivity contribution in [2.24, 2.45) is 0 Å². The van der Waals surface area contributed by atoms with Crippen molar-refractivity contribution in [3.05, 3.63) is 64.1 Å². The Morgan fingerprint density at radius 2 is 1.84 bits per heavy atom. The van der Waals surface area contributed by atoms with Gasteiger partial charge in [0.15, 0.2) is 0 Å². The standard InChI is InChI=1S/C23H22Cl2N2O4/c24-18-8-9-19(25)20(15-18)27(21(29)7-4-12-28)23(10-13-31-14-11-23)22(30)26-16-17-5-2-1-3-6-17/h1-3,5-6,8-9,15,28H,10-14,16H2,(H,26,30). The molecule has 0 radical (unpaired) electrons. The summed E-state index contributed by atoms with van der Waals surface area (Å²) in [5.41, 5.74) is -0.0669. The molecule has 2 aromatic carbocycles. The largest absolute Gasteiger partial charge is 0.384 e. The first-order valence-electron chi connectivity index (χ1n) is 9.77. The minimum atomic E-state index is -1.28. The lowest BCUT2D eigenvalue weighted by molar-refractivity contribution is -0.133. The molecule has 0 atom stereocenters. The molecule has 1 saturated heterocycles. The van der Waals surface area contributed by atoms with E-state index in [9.17, 15) is 9.59 Å². The molecule has 0 unspecified atom stereocenters. The highest BCUT2D eigenvalue weighted by atomic mass is 35.5. The van der Waals surface area contributed by atoms with Gasteiger partial charge in [-0.1, -0.05) is 59.5 Å². The zero-order valence-electron chi connectivity index (χ0n) is 16.7. The Morgan fingerprint density at radius 3 is 2.52 bits per heavy atom. The monoisotopic (exact) mass is 460 g/mol. The molecule has 6 nitrogen and oxygen atoms in total. The van der Waals surface area contributed by atoms with Crippen molar-refractivity contribution in [2.45, 2.75) is 24.9 Å². The number of amides is 2. The SMILES string of the molecule is O=C(C#CCO)N(c1cc(Cl)ccc1Cl)C1(C(=O)NCc2ccccc2)CCOCC1. The van der Waals surface area contributed by atoms with Gasteiger partial charge in [-0.3, -0.25) is 14.5 Å². The molecule has 0 aromatic heterocycles. The molecule has 3 rings (SSSR count). The number of carbonyl (C=O) groups is 2. The zero-order chi connectivity index (χ0) is 22.3. The molecular weight excluding hydrogens is 439 g/mol. The van der Waals surface area contributed by atoms with E-state index in [1.54, 1.807) is 12.1 Å². The number of anilines is 1. The summed E-state index contributed by atoms with van der Waals surface area (Å²) in [5.74, 6) is 3.76. The van der Waals surface area contributed by atoms with E-state index in [1.165, 1.54) is 11.0 Å². The molecule has 1 aliphatic rings. The van der Waals surface area contributed by atoms with Gasteiger partial charge in [-0.15, -0.1) is 0 Å². The third-order valence-electron chi connectivity index (χ3n) is 5.09. The number of aliphatic hydroxyl groups excluding tert-OH is 1. The highest BCUT2D eigenvalue weighted by Gasteiger charge is 2.48. The number of ether oxygens (including phenoxy) is 1. The highest BCUT2D eigenvalue weighted by molar-refractivity contribution is 6.36. The number of rotatable bonds is 5. The predicted molar refractivity (Wildman–Crippen MR) is 120 cm³/mol. The molecular formula is C23H22Cl2N2O4. The maximum Gasteiger partial charge on any atom is 0.303 e. The summed E-state index contributed by atoms with van der Waals surface area (Å²) in [7, 11) is 0. The van der Waals surface area contributed by atoms with Crippen molar-refractivity contribution in [1.29, 1.82) is 0 Å². The predicted octanol–water partition coefficient (Wildman–Crippen LogP) is 3.19. The van der Waals surface area contributed by atoms with E-state index < -0.39 is 18.1 Å². The lowest BCUT2D eigenvalue weighted by Crippen LogP contribution is -2.63. The van der Waals surface area contributed by atoms with Crippen LogP contribution in [-0.2, 0) is 20.9 Å². The van der Waals surface area contributed by atoms with Gasteiger partial charge in [-0.05, 0) is 29.7 Å². The molecule has 1 aliphatic heterocycles. The van der Waals surface area contributed by atoms with Crippen molar-refractivity contribution in [3.63, 3.8) is 0 Å². The summed E-state index contributed by atoms with van der Waals surface area (Å²) in [6, 6.07) is 14.2. The van der Waals surface area contributed by atoms with Crippen LogP contribution >= 0.6 is 23.2 Å². The molecule has 31 heavy (non-hydrogen) atoms. The minimum Gasteiger partial charge on any atom is -0.384 e. The summed E-state index contributed by atoms with van der Waals surface area (Å²) < 4.78 is 5.49. The number of nitrogens with one attached hydrogen (secondary N) is 1. The van der Waals surface area contributed by atoms with Crippen LogP contribution in [0.5, 0.6) is 0 Å². The molecule has 8 heteroatoms. The first kappa shape index (κ1) is 23.1. The minimum absolute atomic E-state index is 0.253. The van der Waals surface area contributed by atoms with Gasteiger partial charge in [0.1, 0.15) is 12.1 Å². The molecule has 0 aliphatic carbocycles. The fourth-order valence-corrected chi connectivity index (χ4v) is 3.94. The van der Waals surface area contributed by atoms with Crippen LogP contribution in [0.15, 0.2) is 48.5 Å². The number of hydrogen-bond acceptors (Lipinski definition) is 4. The van der Waals surface area contributed by atoms with Crippen molar-refractivity contribution in [1.82, 2.24) is 5.32 Å². The van der Waals surface area contributed by atoms with Gasteiger partial charge in [0.25, 0.3) is 0 Å². The van der Waals surface area contributed by atoms with E-state index in [0.29, 0.717) is 11.6 Å². The van der Waals surface area contributed by atoms with Gasteiger partial charge in [0.2, 0.25) is 5.91 Å². The number of nitrogens with zero attached hydrogens (tertiary/aromatic N) is 1. The van der Waals surface area contributed by atoms with Gasteiger partial charge in [-0.25, -0.2) is 0 Å². The van der Waals surface area contributed by atoms with Crippen LogP contribution in [0.25, 0.3) is 0 Å². The van der Waals surface area contributed by atoms with E-state index >= 15 is 0 Å². The van der Waals surface area contributed by atoms with Crippen LogP contribution in [-0.4, -0.2) is 42.3 Å². The summed E-state index contributed by atoms with van der Waals surface area (Å²) in [6.45, 7) is 0.386. The molecule has 1 heterocycles. The Hall–Kier alpha value is -2.56. The van der Waals surface area contributed by atoms with Crippen molar-refractivity contribution in [2.75, 3.05) is 24.7 Å². The molecule has 0 spiro atoms. The fourth-order valence-electron chi connectivity index (χ4n) is 3.57. The number of hydrogen-bond donors (Lipinski definition) is 2. The fraction of sp³-hybridized carbons (Fsp3) is 0.304. The second kappa shape index (κ2) is 10.7. The first-order chi connectivity index (χ1) is 15.0. The Bertz CT molecular complexity index is 996. The maximum atomic E-state index is 13.5. The topological polar surface area (TPSA) is 78.9 Å².